The first kappa shape index (κ1) is 16.1. The summed E-state index contributed by atoms with van der Waals surface area (Å²) < 4.78 is 11.6. The van der Waals surface area contributed by atoms with Crippen LogP contribution in [0.5, 0.6) is 5.75 Å². The lowest BCUT2D eigenvalue weighted by molar-refractivity contribution is 0.0552. The second-order valence-corrected chi connectivity index (χ2v) is 5.99. The fourth-order valence-electron chi connectivity index (χ4n) is 2.71. The number of benzene rings is 1. The Morgan fingerprint density at radius 2 is 1.71 bits per heavy atom. The zero-order chi connectivity index (χ0) is 14.9. The van der Waals surface area contributed by atoms with Gasteiger partial charge in [-0.15, -0.1) is 0 Å². The molecule has 0 N–H and O–H groups in total. The molecule has 0 amide bonds. The van der Waals surface area contributed by atoms with Crippen molar-refractivity contribution in [2.75, 3.05) is 13.2 Å². The molecule has 0 aliphatic heterocycles. The molecule has 116 valence electrons. The van der Waals surface area contributed by atoms with Gasteiger partial charge in [-0.05, 0) is 56.7 Å². The molecule has 1 aromatic rings. The first-order valence-corrected chi connectivity index (χ1v) is 8.26. The minimum Gasteiger partial charge on any atom is -0.494 e. The van der Waals surface area contributed by atoms with E-state index in [9.17, 15) is 0 Å². The van der Waals surface area contributed by atoms with Gasteiger partial charge in [0.1, 0.15) is 5.75 Å². The average molecular weight is 288 g/mol. The van der Waals surface area contributed by atoms with E-state index in [2.05, 4.69) is 18.7 Å². The van der Waals surface area contributed by atoms with Crippen LogP contribution < -0.4 is 4.74 Å². The van der Waals surface area contributed by atoms with Gasteiger partial charge >= 0.3 is 0 Å². The van der Waals surface area contributed by atoms with Crippen LogP contribution in [0.2, 0.25) is 0 Å². The Balaban J connectivity index is 1.50. The molecule has 1 saturated carbocycles. The standard InChI is InChI=1S/C19H28O2/c1-16(2)17-10-12-19(13-11-17)21-15-7-3-6-14-20-18-8-4-5-9-18/h10-13,18H,1,3-9,14-15H2,2H3. The molecule has 0 bridgehead atoms. The highest BCUT2D eigenvalue weighted by Gasteiger charge is 2.14. The molecule has 0 radical (unpaired) electrons. The van der Waals surface area contributed by atoms with Gasteiger partial charge < -0.3 is 9.47 Å². The average Bonchev–Trinajstić information content (AvgIpc) is 3.00. The normalized spacial score (nSPS) is 15.3. The van der Waals surface area contributed by atoms with Gasteiger partial charge in [0.2, 0.25) is 0 Å². The molecule has 0 unspecified atom stereocenters. The zero-order valence-corrected chi connectivity index (χ0v) is 13.3. The van der Waals surface area contributed by atoms with E-state index >= 15 is 0 Å². The van der Waals surface area contributed by atoms with Crippen molar-refractivity contribution in [2.45, 2.75) is 58.0 Å². The molecule has 1 aromatic carbocycles. The largest absolute Gasteiger partial charge is 0.494 e. The maximum absolute atomic E-state index is 5.85. The van der Waals surface area contributed by atoms with Crippen LogP contribution in [0, 0.1) is 0 Å². The third-order valence-electron chi connectivity index (χ3n) is 4.06. The number of rotatable bonds is 9. The predicted octanol–water partition coefficient (Wildman–Crippen LogP) is 5.23. The first-order valence-electron chi connectivity index (χ1n) is 8.26. The van der Waals surface area contributed by atoms with Gasteiger partial charge in [-0.2, -0.15) is 0 Å². The summed E-state index contributed by atoms with van der Waals surface area (Å²) in [4.78, 5) is 0. The smallest absolute Gasteiger partial charge is 0.119 e. The van der Waals surface area contributed by atoms with Crippen molar-refractivity contribution >= 4 is 5.57 Å². The lowest BCUT2D eigenvalue weighted by Gasteiger charge is -2.11. The van der Waals surface area contributed by atoms with E-state index in [0.717, 1.165) is 37.4 Å². The van der Waals surface area contributed by atoms with Crippen LogP contribution >= 0.6 is 0 Å². The van der Waals surface area contributed by atoms with Crippen molar-refractivity contribution in [3.63, 3.8) is 0 Å². The summed E-state index contributed by atoms with van der Waals surface area (Å²) in [5, 5.41) is 0. The second kappa shape index (κ2) is 8.89. The highest BCUT2D eigenvalue weighted by molar-refractivity contribution is 5.61. The predicted molar refractivity (Wildman–Crippen MR) is 88.7 cm³/mol. The Morgan fingerprint density at radius 1 is 1.05 bits per heavy atom. The Bertz CT molecular complexity index is 416. The van der Waals surface area contributed by atoms with Crippen molar-refractivity contribution in [3.8, 4) is 5.75 Å². The van der Waals surface area contributed by atoms with E-state index in [1.54, 1.807) is 0 Å². The molecule has 2 heteroatoms. The van der Waals surface area contributed by atoms with Crippen LogP contribution in [-0.4, -0.2) is 19.3 Å². The van der Waals surface area contributed by atoms with Crippen molar-refractivity contribution in [1.82, 2.24) is 0 Å². The Labute approximate surface area is 129 Å². The third-order valence-corrected chi connectivity index (χ3v) is 4.06. The van der Waals surface area contributed by atoms with Crippen LogP contribution in [0.3, 0.4) is 0 Å². The van der Waals surface area contributed by atoms with Crippen LogP contribution in [0.15, 0.2) is 30.8 Å². The van der Waals surface area contributed by atoms with E-state index in [1.165, 1.54) is 37.7 Å². The van der Waals surface area contributed by atoms with Crippen molar-refractivity contribution in [1.29, 1.82) is 0 Å². The van der Waals surface area contributed by atoms with Gasteiger partial charge in [-0.3, -0.25) is 0 Å². The quantitative estimate of drug-likeness (QED) is 0.579. The number of ether oxygens (including phenoxy) is 2. The Kier molecular flexibility index (Phi) is 6.81. The zero-order valence-electron chi connectivity index (χ0n) is 13.3. The molecular weight excluding hydrogens is 260 g/mol. The topological polar surface area (TPSA) is 18.5 Å². The van der Waals surface area contributed by atoms with Gasteiger partial charge in [0.25, 0.3) is 0 Å². The molecule has 0 spiro atoms. The van der Waals surface area contributed by atoms with Gasteiger partial charge in [-0.25, -0.2) is 0 Å². The van der Waals surface area contributed by atoms with Crippen molar-refractivity contribution < 1.29 is 9.47 Å². The molecule has 1 aliphatic rings. The van der Waals surface area contributed by atoms with Crippen LogP contribution in [-0.2, 0) is 4.74 Å². The second-order valence-electron chi connectivity index (χ2n) is 5.99. The number of hydrogen-bond donors (Lipinski definition) is 0. The van der Waals surface area contributed by atoms with E-state index in [1.807, 2.05) is 19.1 Å². The van der Waals surface area contributed by atoms with Crippen LogP contribution in [0.25, 0.3) is 5.57 Å². The lowest BCUT2D eigenvalue weighted by atomic mass is 10.1. The van der Waals surface area contributed by atoms with E-state index in [-0.39, 0.29) is 0 Å². The minimum absolute atomic E-state index is 0.549. The van der Waals surface area contributed by atoms with Gasteiger partial charge in [-0.1, -0.05) is 37.1 Å². The summed E-state index contributed by atoms with van der Waals surface area (Å²) in [7, 11) is 0. The fraction of sp³-hybridized carbons (Fsp3) is 0.579. The molecule has 1 aliphatic carbocycles. The molecule has 2 nitrogen and oxygen atoms in total. The maximum Gasteiger partial charge on any atom is 0.119 e. The van der Waals surface area contributed by atoms with Gasteiger partial charge in [0.05, 0.1) is 12.7 Å². The summed E-state index contributed by atoms with van der Waals surface area (Å²) in [5.74, 6) is 0.946. The van der Waals surface area contributed by atoms with Crippen LogP contribution in [0.1, 0.15) is 57.4 Å². The number of hydrogen-bond acceptors (Lipinski definition) is 2. The number of unbranched alkanes of at least 4 members (excludes halogenated alkanes) is 2. The number of allylic oxidation sites excluding steroid dienone is 1. The Morgan fingerprint density at radius 3 is 2.38 bits per heavy atom. The summed E-state index contributed by atoms with van der Waals surface area (Å²) >= 11 is 0. The summed E-state index contributed by atoms with van der Waals surface area (Å²) in [6.45, 7) is 7.65. The molecular formula is C19H28O2. The van der Waals surface area contributed by atoms with Crippen molar-refractivity contribution in [2.24, 2.45) is 0 Å². The molecule has 0 saturated heterocycles. The third kappa shape index (κ3) is 5.92. The minimum atomic E-state index is 0.549. The molecule has 21 heavy (non-hydrogen) atoms. The fourth-order valence-corrected chi connectivity index (χ4v) is 2.71. The molecule has 0 aromatic heterocycles. The first-order chi connectivity index (χ1) is 10.3. The summed E-state index contributed by atoms with van der Waals surface area (Å²) in [6, 6.07) is 8.17. The maximum atomic E-state index is 5.85. The molecule has 2 rings (SSSR count). The van der Waals surface area contributed by atoms with Gasteiger partial charge in [0, 0.05) is 6.61 Å². The molecule has 0 atom stereocenters. The summed E-state index contributed by atoms with van der Waals surface area (Å²) in [6.07, 6.45) is 9.20. The molecule has 1 fully saturated rings. The van der Waals surface area contributed by atoms with E-state index < -0.39 is 0 Å². The van der Waals surface area contributed by atoms with E-state index in [4.69, 9.17) is 9.47 Å². The highest BCUT2D eigenvalue weighted by atomic mass is 16.5. The highest BCUT2D eigenvalue weighted by Crippen LogP contribution is 2.21. The SMILES string of the molecule is C=C(C)c1ccc(OCCCCCOC2CCCC2)cc1. The lowest BCUT2D eigenvalue weighted by Crippen LogP contribution is -2.08. The van der Waals surface area contributed by atoms with Crippen LogP contribution in [0.4, 0.5) is 0 Å². The molecule has 0 heterocycles. The van der Waals surface area contributed by atoms with Crippen molar-refractivity contribution in [3.05, 3.63) is 36.4 Å². The summed E-state index contributed by atoms with van der Waals surface area (Å²) in [5.41, 5.74) is 2.26. The Hall–Kier alpha value is -1.28. The monoisotopic (exact) mass is 288 g/mol. The van der Waals surface area contributed by atoms with Gasteiger partial charge in [0.15, 0.2) is 0 Å². The van der Waals surface area contributed by atoms with E-state index in [0.29, 0.717) is 6.10 Å².